The average molecular weight is 411 g/mol. The van der Waals surface area contributed by atoms with Gasteiger partial charge in [-0.15, -0.1) is 0 Å². The maximum absolute atomic E-state index is 12.9. The van der Waals surface area contributed by atoms with Crippen LogP contribution in [0.1, 0.15) is 69.1 Å². The first kappa shape index (κ1) is 20.9. The number of fused-ring (bicyclic) bond motifs is 1. The Morgan fingerprint density at radius 3 is 2.70 bits per heavy atom. The fourth-order valence-corrected chi connectivity index (χ4v) is 4.99. The number of likely N-dealkylation sites (tertiary alicyclic amines) is 1. The molecule has 0 spiro atoms. The van der Waals surface area contributed by atoms with Crippen LogP contribution in [0, 0.1) is 17.3 Å². The molecule has 4 rings (SSSR count). The number of hydrogen-bond acceptors (Lipinski definition) is 3. The molecule has 0 aromatic carbocycles. The molecule has 1 aliphatic carbocycles. The highest BCUT2D eigenvalue weighted by atomic mass is 16.2. The number of nitrogens with one attached hydrogen (secondary N) is 1. The zero-order chi connectivity index (χ0) is 21.3. The van der Waals surface area contributed by atoms with E-state index in [2.05, 4.69) is 31.1 Å². The molecule has 6 heteroatoms. The Balaban J connectivity index is 1.42. The number of pyridine rings is 1. The minimum absolute atomic E-state index is 0.0770. The summed E-state index contributed by atoms with van der Waals surface area (Å²) in [5.74, 6) is 1.30. The number of amides is 2. The molecular formula is C24H34N4O2. The maximum atomic E-state index is 12.9. The summed E-state index contributed by atoms with van der Waals surface area (Å²) in [4.78, 5) is 31.9. The lowest BCUT2D eigenvalue weighted by molar-refractivity contribution is -0.129. The summed E-state index contributed by atoms with van der Waals surface area (Å²) >= 11 is 0. The van der Waals surface area contributed by atoms with Crippen LogP contribution in [0.25, 0.3) is 5.65 Å². The third kappa shape index (κ3) is 4.37. The monoisotopic (exact) mass is 410 g/mol. The van der Waals surface area contributed by atoms with Crippen LogP contribution in [0.15, 0.2) is 24.4 Å². The van der Waals surface area contributed by atoms with Crippen molar-refractivity contribution in [2.75, 3.05) is 19.6 Å². The van der Waals surface area contributed by atoms with Crippen molar-refractivity contribution in [1.82, 2.24) is 19.6 Å². The van der Waals surface area contributed by atoms with E-state index in [1.165, 1.54) is 12.8 Å². The Hall–Kier alpha value is -2.37. The van der Waals surface area contributed by atoms with E-state index in [9.17, 15) is 9.59 Å². The maximum Gasteiger partial charge on any atom is 0.268 e. The summed E-state index contributed by atoms with van der Waals surface area (Å²) in [5, 5.41) is 3.15. The molecule has 3 heterocycles. The third-order valence-corrected chi connectivity index (χ3v) is 7.27. The molecule has 1 aliphatic heterocycles. The highest BCUT2D eigenvalue weighted by molar-refractivity contribution is 5.93. The zero-order valence-corrected chi connectivity index (χ0v) is 18.5. The lowest BCUT2D eigenvalue weighted by Crippen LogP contribution is -2.37. The Labute approximate surface area is 179 Å². The highest BCUT2D eigenvalue weighted by Crippen LogP contribution is 2.42. The van der Waals surface area contributed by atoms with E-state index in [-0.39, 0.29) is 18.2 Å². The van der Waals surface area contributed by atoms with Gasteiger partial charge in [-0.05, 0) is 61.5 Å². The van der Waals surface area contributed by atoms with Gasteiger partial charge in [0.1, 0.15) is 11.3 Å². The van der Waals surface area contributed by atoms with Gasteiger partial charge in [0.25, 0.3) is 5.91 Å². The number of aromatic nitrogens is 2. The molecule has 1 unspecified atom stereocenters. The van der Waals surface area contributed by atoms with Gasteiger partial charge in [-0.3, -0.25) is 14.0 Å². The van der Waals surface area contributed by atoms with Gasteiger partial charge in [-0.2, -0.15) is 0 Å². The second-order valence-corrected chi connectivity index (χ2v) is 9.88. The fraction of sp³-hybridized carbons (Fsp3) is 0.625. The van der Waals surface area contributed by atoms with Gasteiger partial charge in [0, 0.05) is 25.8 Å². The molecule has 1 saturated carbocycles. The van der Waals surface area contributed by atoms with Gasteiger partial charge in [0.15, 0.2) is 0 Å². The minimum Gasteiger partial charge on any atom is -0.350 e. The van der Waals surface area contributed by atoms with Crippen molar-refractivity contribution in [1.29, 1.82) is 0 Å². The summed E-state index contributed by atoms with van der Waals surface area (Å²) < 4.78 is 1.81. The molecule has 2 atom stereocenters. The van der Waals surface area contributed by atoms with Crippen molar-refractivity contribution in [2.45, 2.75) is 59.3 Å². The van der Waals surface area contributed by atoms with E-state index in [1.807, 2.05) is 33.7 Å². The van der Waals surface area contributed by atoms with Gasteiger partial charge < -0.3 is 10.2 Å². The Morgan fingerprint density at radius 1 is 1.20 bits per heavy atom. The lowest BCUT2D eigenvalue weighted by Gasteiger charge is -2.40. The first-order chi connectivity index (χ1) is 14.3. The number of carbonyl (C=O) groups excluding carboxylic acids is 2. The van der Waals surface area contributed by atoms with Crippen LogP contribution in [0.2, 0.25) is 0 Å². The highest BCUT2D eigenvalue weighted by Gasteiger charge is 2.34. The summed E-state index contributed by atoms with van der Waals surface area (Å²) in [6, 6.07) is 5.56. The fourth-order valence-electron chi connectivity index (χ4n) is 4.99. The largest absolute Gasteiger partial charge is 0.350 e. The van der Waals surface area contributed by atoms with Crippen LogP contribution in [0.4, 0.5) is 0 Å². The van der Waals surface area contributed by atoms with Gasteiger partial charge in [0.2, 0.25) is 5.91 Å². The first-order valence-electron chi connectivity index (χ1n) is 11.4. The van der Waals surface area contributed by atoms with E-state index in [0.29, 0.717) is 29.2 Å². The summed E-state index contributed by atoms with van der Waals surface area (Å²) in [7, 11) is 0. The summed E-state index contributed by atoms with van der Waals surface area (Å²) in [6.07, 6.45) is 7.83. The number of carbonyl (C=O) groups is 2. The van der Waals surface area contributed by atoms with Gasteiger partial charge in [-0.25, -0.2) is 4.98 Å². The van der Waals surface area contributed by atoms with Gasteiger partial charge in [0.05, 0.1) is 12.1 Å². The molecule has 2 fully saturated rings. The second kappa shape index (κ2) is 8.40. The molecule has 1 N–H and O–H groups in total. The normalized spacial score (nSPS) is 23.6. The predicted octanol–water partition coefficient (Wildman–Crippen LogP) is 3.69. The average Bonchev–Trinajstić information content (AvgIpc) is 3.37. The van der Waals surface area contributed by atoms with Crippen LogP contribution >= 0.6 is 0 Å². The molecular weight excluding hydrogens is 376 g/mol. The molecule has 162 valence electrons. The van der Waals surface area contributed by atoms with E-state index in [1.54, 1.807) is 0 Å². The molecule has 1 saturated heterocycles. The minimum atomic E-state index is -0.0770. The van der Waals surface area contributed by atoms with Crippen molar-refractivity contribution in [2.24, 2.45) is 17.3 Å². The predicted molar refractivity (Wildman–Crippen MR) is 117 cm³/mol. The molecule has 30 heavy (non-hydrogen) atoms. The molecule has 6 nitrogen and oxygen atoms in total. The smallest absolute Gasteiger partial charge is 0.268 e. The Morgan fingerprint density at radius 2 is 1.97 bits per heavy atom. The van der Waals surface area contributed by atoms with E-state index < -0.39 is 0 Å². The van der Waals surface area contributed by atoms with Crippen LogP contribution in [0.5, 0.6) is 0 Å². The van der Waals surface area contributed by atoms with E-state index in [0.717, 1.165) is 44.0 Å². The number of nitrogens with zero attached hydrogens (tertiary/aromatic N) is 3. The second-order valence-electron chi connectivity index (χ2n) is 9.88. The van der Waals surface area contributed by atoms with Crippen LogP contribution < -0.4 is 5.32 Å². The van der Waals surface area contributed by atoms with Crippen molar-refractivity contribution in [3.05, 3.63) is 35.8 Å². The number of rotatable bonds is 5. The zero-order valence-electron chi connectivity index (χ0n) is 18.5. The SMILES string of the molecule is CC1CC[C@@H](CNC(=O)c2cccc3nc(CC(=O)N4CCCC4)cn23)CC1(C)C. The van der Waals surface area contributed by atoms with E-state index >= 15 is 0 Å². The quantitative estimate of drug-likeness (QED) is 0.817. The van der Waals surface area contributed by atoms with Crippen molar-refractivity contribution < 1.29 is 9.59 Å². The molecule has 2 amide bonds. The van der Waals surface area contributed by atoms with Crippen LogP contribution in [-0.2, 0) is 11.2 Å². The van der Waals surface area contributed by atoms with Crippen molar-refractivity contribution in [3.8, 4) is 0 Å². The number of hydrogen-bond donors (Lipinski definition) is 1. The lowest BCUT2D eigenvalue weighted by atomic mass is 9.66. The summed E-state index contributed by atoms with van der Waals surface area (Å²) in [6.45, 7) is 9.40. The third-order valence-electron chi connectivity index (χ3n) is 7.27. The van der Waals surface area contributed by atoms with Gasteiger partial charge >= 0.3 is 0 Å². The number of imidazole rings is 1. The van der Waals surface area contributed by atoms with E-state index in [4.69, 9.17) is 0 Å². The standard InChI is InChI=1S/C24H34N4O2/c1-17-9-10-18(14-24(17,2)3)15-25-23(30)20-7-6-8-21-26-19(16-28(20)21)13-22(29)27-11-4-5-12-27/h6-8,16-18H,4-5,9-15H2,1-3H3,(H,25,30)/t17?,18-/m1/s1. The first-order valence-corrected chi connectivity index (χ1v) is 11.4. The Bertz CT molecular complexity index is 926. The molecule has 0 radical (unpaired) electrons. The molecule has 2 aromatic heterocycles. The van der Waals surface area contributed by atoms with Crippen molar-refractivity contribution >= 4 is 17.5 Å². The summed E-state index contributed by atoms with van der Waals surface area (Å²) in [5.41, 5.74) is 2.33. The van der Waals surface area contributed by atoms with Gasteiger partial charge in [-0.1, -0.05) is 26.8 Å². The topological polar surface area (TPSA) is 66.7 Å². The van der Waals surface area contributed by atoms with Crippen molar-refractivity contribution in [3.63, 3.8) is 0 Å². The molecule has 0 bridgehead atoms. The molecule has 2 aliphatic rings. The van der Waals surface area contributed by atoms with Crippen LogP contribution in [-0.4, -0.2) is 45.7 Å². The molecule has 2 aromatic rings. The Kier molecular flexibility index (Phi) is 5.85. The van der Waals surface area contributed by atoms with Crippen LogP contribution in [0.3, 0.4) is 0 Å².